The lowest BCUT2D eigenvalue weighted by Gasteiger charge is -2.12. The molecule has 1 nitrogen and oxygen atoms in total. The maximum atomic E-state index is 10.4. The van der Waals surface area contributed by atoms with Crippen molar-refractivity contribution in [3.63, 3.8) is 0 Å². The summed E-state index contributed by atoms with van der Waals surface area (Å²) >= 11 is 15.3. The summed E-state index contributed by atoms with van der Waals surface area (Å²) < 4.78 is 3.79. The summed E-state index contributed by atoms with van der Waals surface area (Å²) in [5, 5.41) is 10.4. The van der Waals surface area contributed by atoms with E-state index < -0.39 is 6.10 Å². The number of thiophene rings is 1. The third-order valence-corrected chi connectivity index (χ3v) is 5.80. The highest BCUT2D eigenvalue weighted by Crippen LogP contribution is 2.39. The molecule has 1 aromatic heterocycles. The van der Waals surface area contributed by atoms with E-state index >= 15 is 0 Å². The van der Waals surface area contributed by atoms with Crippen LogP contribution in [0.3, 0.4) is 0 Å². The van der Waals surface area contributed by atoms with Crippen molar-refractivity contribution in [2.45, 2.75) is 6.10 Å². The zero-order chi connectivity index (χ0) is 12.6. The molecule has 2 rings (SSSR count). The van der Waals surface area contributed by atoms with Crippen LogP contribution in [-0.2, 0) is 0 Å². The summed E-state index contributed by atoms with van der Waals surface area (Å²) in [5.74, 6) is 0. The third kappa shape index (κ3) is 3.22. The van der Waals surface area contributed by atoms with Gasteiger partial charge in [0.2, 0.25) is 0 Å². The maximum Gasteiger partial charge on any atom is 0.107 e. The lowest BCUT2D eigenvalue weighted by atomic mass is 10.0. The number of rotatable bonds is 2. The number of halogens is 4. The third-order valence-electron chi connectivity index (χ3n) is 2.23. The van der Waals surface area contributed by atoms with E-state index in [0.717, 1.165) is 27.6 Å². The smallest absolute Gasteiger partial charge is 0.107 e. The van der Waals surface area contributed by atoms with Crippen LogP contribution < -0.4 is 0 Å². The van der Waals surface area contributed by atoms with Crippen molar-refractivity contribution in [3.8, 4) is 0 Å². The Morgan fingerprint density at radius 2 is 1.71 bits per heavy atom. The normalized spacial score (nSPS) is 12.8. The predicted molar refractivity (Wildman–Crippen MR) is 85.6 cm³/mol. The summed E-state index contributed by atoms with van der Waals surface area (Å²) in [6.07, 6.45) is -0.644. The molecule has 0 aliphatic rings. The topological polar surface area (TPSA) is 20.2 Å². The molecule has 1 heterocycles. The Bertz CT molecular complexity index is 552. The minimum absolute atomic E-state index is 0.644. The van der Waals surface area contributed by atoms with E-state index in [4.69, 9.17) is 0 Å². The molecule has 1 atom stereocenters. The second-order valence-electron chi connectivity index (χ2n) is 3.35. The Kier molecular flexibility index (Phi) is 4.88. The largest absolute Gasteiger partial charge is 0.384 e. The SMILES string of the molecule is OC(c1ccc(Br)cc1Br)c1cc(Br)sc1Br. The van der Waals surface area contributed by atoms with E-state index in [0.29, 0.717) is 0 Å². The van der Waals surface area contributed by atoms with Gasteiger partial charge >= 0.3 is 0 Å². The van der Waals surface area contributed by atoms with Gasteiger partial charge in [0.15, 0.2) is 0 Å². The average molecular weight is 506 g/mol. The molecule has 0 radical (unpaired) electrons. The van der Waals surface area contributed by atoms with Crippen LogP contribution in [0.5, 0.6) is 0 Å². The fourth-order valence-electron chi connectivity index (χ4n) is 1.43. The Morgan fingerprint density at radius 3 is 2.24 bits per heavy atom. The van der Waals surface area contributed by atoms with Crippen LogP contribution in [0.2, 0.25) is 0 Å². The van der Waals surface area contributed by atoms with Crippen molar-refractivity contribution in [2.75, 3.05) is 0 Å². The summed E-state index contributed by atoms with van der Waals surface area (Å²) in [6, 6.07) is 7.66. The van der Waals surface area contributed by atoms with Gasteiger partial charge in [-0.15, -0.1) is 11.3 Å². The van der Waals surface area contributed by atoms with Gasteiger partial charge in [-0.1, -0.05) is 37.9 Å². The summed E-state index contributed by atoms with van der Waals surface area (Å²) in [5.41, 5.74) is 1.71. The molecule has 1 unspecified atom stereocenters. The molecular formula is C11H6Br4OS. The molecular weight excluding hydrogens is 500 g/mol. The van der Waals surface area contributed by atoms with Crippen molar-refractivity contribution in [2.24, 2.45) is 0 Å². The van der Waals surface area contributed by atoms with Crippen molar-refractivity contribution in [3.05, 3.63) is 51.9 Å². The number of hydrogen-bond donors (Lipinski definition) is 1. The molecule has 0 amide bonds. The average Bonchev–Trinajstić information content (AvgIpc) is 2.57. The van der Waals surface area contributed by atoms with E-state index in [2.05, 4.69) is 63.7 Å². The minimum atomic E-state index is -0.644. The van der Waals surface area contributed by atoms with Crippen LogP contribution in [-0.4, -0.2) is 5.11 Å². The second-order valence-corrected chi connectivity index (χ2v) is 8.87. The first-order valence-corrected chi connectivity index (χ1v) is 8.55. The monoisotopic (exact) mass is 502 g/mol. The van der Waals surface area contributed by atoms with Gasteiger partial charge in [-0.3, -0.25) is 0 Å². The van der Waals surface area contributed by atoms with Gasteiger partial charge in [-0.25, -0.2) is 0 Å². The predicted octanol–water partition coefficient (Wildman–Crippen LogP) is 5.88. The van der Waals surface area contributed by atoms with E-state index in [9.17, 15) is 5.11 Å². The van der Waals surface area contributed by atoms with Crippen molar-refractivity contribution < 1.29 is 5.11 Å². The Balaban J connectivity index is 2.43. The van der Waals surface area contributed by atoms with Crippen LogP contribution in [0.1, 0.15) is 17.2 Å². The molecule has 0 saturated heterocycles. The standard InChI is InChI=1S/C11H6Br4OS/c12-5-1-2-6(8(13)3-5)10(16)7-4-9(14)17-11(7)15/h1-4,10,16H. The molecule has 0 saturated carbocycles. The fourth-order valence-corrected chi connectivity index (χ4v) is 5.58. The fraction of sp³-hybridized carbons (Fsp3) is 0.0909. The minimum Gasteiger partial charge on any atom is -0.384 e. The molecule has 0 aliphatic carbocycles. The molecule has 0 bridgehead atoms. The van der Waals surface area contributed by atoms with Crippen LogP contribution >= 0.6 is 75.1 Å². The van der Waals surface area contributed by atoms with Gasteiger partial charge in [0, 0.05) is 14.5 Å². The van der Waals surface area contributed by atoms with E-state index in [1.54, 1.807) is 11.3 Å². The van der Waals surface area contributed by atoms with Gasteiger partial charge in [-0.2, -0.15) is 0 Å². The van der Waals surface area contributed by atoms with E-state index in [1.165, 1.54) is 0 Å². The van der Waals surface area contributed by atoms with Gasteiger partial charge in [0.05, 0.1) is 7.57 Å². The van der Waals surface area contributed by atoms with Crippen molar-refractivity contribution in [1.82, 2.24) is 0 Å². The van der Waals surface area contributed by atoms with Crippen molar-refractivity contribution in [1.29, 1.82) is 0 Å². The first-order chi connectivity index (χ1) is 7.99. The van der Waals surface area contributed by atoms with Gasteiger partial charge < -0.3 is 5.11 Å². The van der Waals surface area contributed by atoms with Crippen molar-refractivity contribution >= 4 is 75.1 Å². The molecule has 2 aromatic rings. The zero-order valence-electron chi connectivity index (χ0n) is 8.25. The Labute approximate surface area is 137 Å². The lowest BCUT2D eigenvalue weighted by Crippen LogP contribution is -1.99. The summed E-state index contributed by atoms with van der Waals surface area (Å²) in [6.45, 7) is 0. The van der Waals surface area contributed by atoms with Crippen LogP contribution in [0.15, 0.2) is 40.8 Å². The molecule has 17 heavy (non-hydrogen) atoms. The molecule has 1 N–H and O–H groups in total. The summed E-state index contributed by atoms with van der Waals surface area (Å²) in [7, 11) is 0. The molecule has 1 aromatic carbocycles. The van der Waals surface area contributed by atoms with Gasteiger partial charge in [0.1, 0.15) is 6.10 Å². The Hall–Kier alpha value is 0.800. The van der Waals surface area contributed by atoms with Crippen LogP contribution in [0.4, 0.5) is 0 Å². The number of aliphatic hydroxyl groups is 1. The number of hydrogen-bond acceptors (Lipinski definition) is 2. The molecule has 0 spiro atoms. The van der Waals surface area contributed by atoms with Crippen LogP contribution in [0.25, 0.3) is 0 Å². The quantitative estimate of drug-likeness (QED) is 0.540. The highest BCUT2D eigenvalue weighted by molar-refractivity contribution is 9.12. The second kappa shape index (κ2) is 5.84. The highest BCUT2D eigenvalue weighted by Gasteiger charge is 2.18. The Morgan fingerprint density at radius 1 is 1.00 bits per heavy atom. The first kappa shape index (κ1) is 14.2. The van der Waals surface area contributed by atoms with E-state index in [1.807, 2.05) is 24.3 Å². The molecule has 90 valence electrons. The maximum absolute atomic E-state index is 10.4. The molecule has 0 aliphatic heterocycles. The zero-order valence-corrected chi connectivity index (χ0v) is 15.4. The molecule has 0 fully saturated rings. The highest BCUT2D eigenvalue weighted by atomic mass is 79.9. The van der Waals surface area contributed by atoms with Gasteiger partial charge in [-0.05, 0) is 55.6 Å². The van der Waals surface area contributed by atoms with Crippen LogP contribution in [0, 0.1) is 0 Å². The number of aliphatic hydroxyl groups excluding tert-OH is 1. The number of benzene rings is 1. The van der Waals surface area contributed by atoms with Gasteiger partial charge in [0.25, 0.3) is 0 Å². The first-order valence-electron chi connectivity index (χ1n) is 4.57. The summed E-state index contributed by atoms with van der Waals surface area (Å²) in [4.78, 5) is 0. The van der Waals surface area contributed by atoms with E-state index in [-0.39, 0.29) is 0 Å². The molecule has 6 heteroatoms. The lowest BCUT2D eigenvalue weighted by molar-refractivity contribution is 0.219.